The molecule has 0 spiro atoms. The summed E-state index contributed by atoms with van der Waals surface area (Å²) in [7, 11) is 3.25. The number of hydrogen-bond acceptors (Lipinski definition) is 6. The lowest BCUT2D eigenvalue weighted by molar-refractivity contribution is 0.353. The Morgan fingerprint density at radius 1 is 0.955 bits per heavy atom. The van der Waals surface area contributed by atoms with Crippen LogP contribution in [0.15, 0.2) is 12.1 Å². The standard InChI is InChI=1S/C14H14Cl2N4O2/c1-21-10-5-8-3-4-20(7-9(8)6-11(10)22-2)14-18-12(15)17-13(16)19-14/h5-6H,3-4,7H2,1-2H3. The summed E-state index contributed by atoms with van der Waals surface area (Å²) in [6.07, 6.45) is 0.844. The molecule has 1 aromatic heterocycles. The quantitative estimate of drug-likeness (QED) is 0.856. The predicted octanol–water partition coefficient (Wildman–Crippen LogP) is 2.76. The summed E-state index contributed by atoms with van der Waals surface area (Å²) in [5.41, 5.74) is 2.36. The van der Waals surface area contributed by atoms with Crippen LogP contribution in [0.5, 0.6) is 11.5 Å². The SMILES string of the molecule is COc1cc2c(cc1OC)CN(c1nc(Cl)nc(Cl)n1)CC2. The summed E-state index contributed by atoms with van der Waals surface area (Å²) in [5.74, 6) is 1.92. The molecular formula is C14H14Cl2N4O2. The maximum atomic E-state index is 5.85. The zero-order valence-corrected chi connectivity index (χ0v) is 13.6. The number of rotatable bonds is 3. The first kappa shape index (κ1) is 15.1. The number of ether oxygens (including phenoxy) is 2. The third-order valence-corrected chi connectivity index (χ3v) is 3.91. The van der Waals surface area contributed by atoms with Crippen LogP contribution in [0.3, 0.4) is 0 Å². The fraction of sp³-hybridized carbons (Fsp3) is 0.357. The second kappa shape index (κ2) is 6.14. The Labute approximate surface area is 138 Å². The van der Waals surface area contributed by atoms with Crippen LogP contribution in [0.25, 0.3) is 0 Å². The largest absolute Gasteiger partial charge is 0.493 e. The Kier molecular flexibility index (Phi) is 4.22. The van der Waals surface area contributed by atoms with Crippen molar-refractivity contribution in [1.29, 1.82) is 0 Å². The third kappa shape index (κ3) is 2.89. The Hall–Kier alpha value is -1.79. The van der Waals surface area contributed by atoms with Crippen LogP contribution in [-0.2, 0) is 13.0 Å². The Bertz CT molecular complexity index is 691. The zero-order chi connectivity index (χ0) is 15.7. The fourth-order valence-corrected chi connectivity index (χ4v) is 2.87. The van der Waals surface area contributed by atoms with Crippen LogP contribution in [0.4, 0.5) is 5.95 Å². The Morgan fingerprint density at radius 2 is 1.55 bits per heavy atom. The number of aromatic nitrogens is 3. The minimum atomic E-state index is 0.0908. The molecule has 2 heterocycles. The van der Waals surface area contributed by atoms with Crippen molar-refractivity contribution in [1.82, 2.24) is 15.0 Å². The van der Waals surface area contributed by atoms with E-state index >= 15 is 0 Å². The normalized spacial score (nSPS) is 13.7. The molecule has 0 unspecified atom stereocenters. The lowest BCUT2D eigenvalue weighted by Crippen LogP contribution is -2.32. The van der Waals surface area contributed by atoms with Crippen molar-refractivity contribution in [2.45, 2.75) is 13.0 Å². The van der Waals surface area contributed by atoms with Gasteiger partial charge in [-0.1, -0.05) is 0 Å². The first-order valence-corrected chi connectivity index (χ1v) is 7.42. The average Bonchev–Trinajstić information content (AvgIpc) is 2.52. The van der Waals surface area contributed by atoms with Gasteiger partial charge < -0.3 is 14.4 Å². The molecule has 116 valence electrons. The molecule has 0 saturated carbocycles. The monoisotopic (exact) mass is 340 g/mol. The summed E-state index contributed by atoms with van der Waals surface area (Å²) >= 11 is 11.7. The minimum Gasteiger partial charge on any atom is -0.493 e. The van der Waals surface area contributed by atoms with Crippen LogP contribution in [0, 0.1) is 0 Å². The first-order chi connectivity index (χ1) is 10.6. The van der Waals surface area contributed by atoms with E-state index < -0.39 is 0 Å². The van der Waals surface area contributed by atoms with Crippen molar-refractivity contribution in [3.8, 4) is 11.5 Å². The van der Waals surface area contributed by atoms with Gasteiger partial charge in [0.1, 0.15) is 0 Å². The van der Waals surface area contributed by atoms with Gasteiger partial charge in [0.25, 0.3) is 0 Å². The molecule has 0 aliphatic carbocycles. The van der Waals surface area contributed by atoms with Crippen LogP contribution >= 0.6 is 23.2 Å². The van der Waals surface area contributed by atoms with Gasteiger partial charge in [0.05, 0.1) is 14.2 Å². The molecule has 2 aromatic rings. The molecule has 0 bridgehead atoms. The first-order valence-electron chi connectivity index (χ1n) is 6.66. The highest BCUT2D eigenvalue weighted by atomic mass is 35.5. The summed E-state index contributed by atoms with van der Waals surface area (Å²) in [6, 6.07) is 3.99. The number of halogens is 2. The Morgan fingerprint density at radius 3 is 2.14 bits per heavy atom. The molecule has 0 radical (unpaired) electrons. The van der Waals surface area contributed by atoms with E-state index in [0.717, 1.165) is 24.3 Å². The molecule has 0 fully saturated rings. The number of benzene rings is 1. The van der Waals surface area contributed by atoms with Gasteiger partial charge in [0, 0.05) is 13.1 Å². The zero-order valence-electron chi connectivity index (χ0n) is 12.1. The number of anilines is 1. The summed E-state index contributed by atoms with van der Waals surface area (Å²) in [6.45, 7) is 1.41. The topological polar surface area (TPSA) is 60.4 Å². The van der Waals surface area contributed by atoms with Crippen molar-refractivity contribution in [2.24, 2.45) is 0 Å². The van der Waals surface area contributed by atoms with Gasteiger partial charge in [-0.25, -0.2) is 0 Å². The van der Waals surface area contributed by atoms with Gasteiger partial charge in [0.2, 0.25) is 16.5 Å². The molecule has 1 aromatic carbocycles. The van der Waals surface area contributed by atoms with E-state index in [-0.39, 0.29) is 10.6 Å². The van der Waals surface area contributed by atoms with Gasteiger partial charge in [-0.05, 0) is 52.9 Å². The van der Waals surface area contributed by atoms with Gasteiger partial charge >= 0.3 is 0 Å². The van der Waals surface area contributed by atoms with E-state index in [9.17, 15) is 0 Å². The maximum absolute atomic E-state index is 5.85. The molecule has 1 aliphatic rings. The smallest absolute Gasteiger partial charge is 0.231 e. The average molecular weight is 341 g/mol. The van der Waals surface area contributed by atoms with Gasteiger partial charge in [0.15, 0.2) is 11.5 Å². The number of fused-ring (bicyclic) bond motifs is 1. The van der Waals surface area contributed by atoms with E-state index in [1.165, 1.54) is 5.56 Å². The van der Waals surface area contributed by atoms with E-state index in [0.29, 0.717) is 18.2 Å². The number of methoxy groups -OCH3 is 2. The van der Waals surface area contributed by atoms with Crippen LogP contribution in [0.2, 0.25) is 10.6 Å². The lowest BCUT2D eigenvalue weighted by atomic mass is 9.99. The van der Waals surface area contributed by atoms with Crippen molar-refractivity contribution >= 4 is 29.2 Å². The number of nitrogens with zero attached hydrogens (tertiary/aromatic N) is 4. The van der Waals surface area contributed by atoms with Crippen molar-refractivity contribution in [2.75, 3.05) is 25.7 Å². The summed E-state index contributed by atoms with van der Waals surface area (Å²) < 4.78 is 10.7. The molecule has 8 heteroatoms. The fourth-order valence-electron chi connectivity index (χ4n) is 2.51. The van der Waals surface area contributed by atoms with Crippen LogP contribution in [0.1, 0.15) is 11.1 Å². The second-order valence-electron chi connectivity index (χ2n) is 4.82. The van der Waals surface area contributed by atoms with Crippen LogP contribution in [-0.4, -0.2) is 35.7 Å². The highest BCUT2D eigenvalue weighted by Gasteiger charge is 2.22. The van der Waals surface area contributed by atoms with E-state index in [2.05, 4.69) is 15.0 Å². The van der Waals surface area contributed by atoms with E-state index in [1.54, 1.807) is 14.2 Å². The van der Waals surface area contributed by atoms with Gasteiger partial charge in [-0.3, -0.25) is 0 Å². The third-order valence-electron chi connectivity index (χ3n) is 3.57. The molecule has 3 rings (SSSR count). The molecule has 6 nitrogen and oxygen atoms in total. The molecule has 0 atom stereocenters. The highest BCUT2D eigenvalue weighted by Crippen LogP contribution is 2.34. The van der Waals surface area contributed by atoms with Crippen molar-refractivity contribution < 1.29 is 9.47 Å². The number of hydrogen-bond donors (Lipinski definition) is 0. The van der Waals surface area contributed by atoms with Crippen molar-refractivity contribution in [3.63, 3.8) is 0 Å². The Balaban J connectivity index is 1.93. The molecule has 0 amide bonds. The summed E-state index contributed by atoms with van der Waals surface area (Å²) in [5, 5.41) is 0.182. The predicted molar refractivity (Wildman–Crippen MR) is 84.1 cm³/mol. The van der Waals surface area contributed by atoms with E-state index in [4.69, 9.17) is 32.7 Å². The molecule has 22 heavy (non-hydrogen) atoms. The molecule has 1 aliphatic heterocycles. The summed E-state index contributed by atoms with van der Waals surface area (Å²) in [4.78, 5) is 14.0. The molecular weight excluding hydrogens is 327 g/mol. The van der Waals surface area contributed by atoms with E-state index in [1.807, 2.05) is 17.0 Å². The minimum absolute atomic E-state index is 0.0908. The highest BCUT2D eigenvalue weighted by molar-refractivity contribution is 6.31. The maximum Gasteiger partial charge on any atom is 0.231 e. The van der Waals surface area contributed by atoms with Gasteiger partial charge in [-0.2, -0.15) is 15.0 Å². The lowest BCUT2D eigenvalue weighted by Gasteiger charge is -2.29. The van der Waals surface area contributed by atoms with Crippen molar-refractivity contribution in [3.05, 3.63) is 33.8 Å². The molecule has 0 saturated heterocycles. The van der Waals surface area contributed by atoms with Crippen LogP contribution < -0.4 is 14.4 Å². The second-order valence-corrected chi connectivity index (χ2v) is 5.50. The van der Waals surface area contributed by atoms with Gasteiger partial charge in [-0.15, -0.1) is 0 Å². The molecule has 0 N–H and O–H groups in total.